The van der Waals surface area contributed by atoms with Crippen LogP contribution in [0.2, 0.25) is 0 Å². The van der Waals surface area contributed by atoms with E-state index in [1.807, 2.05) is 48.5 Å². The standard InChI is InChI=1S/C18H14N4O/c1-11(23)20-14-7-3-2-6-13(14)17-18-16-12(9-10-19-18)5-4-8-15(16)21-22-17/h2-10,21H,1H3,(H,20,23). The zero-order valence-corrected chi connectivity index (χ0v) is 12.5. The summed E-state index contributed by atoms with van der Waals surface area (Å²) in [7, 11) is 0. The second-order valence-corrected chi connectivity index (χ2v) is 5.36. The zero-order valence-electron chi connectivity index (χ0n) is 12.5. The number of pyridine rings is 1. The van der Waals surface area contributed by atoms with Crippen molar-refractivity contribution in [3.05, 3.63) is 66.0 Å². The molecule has 0 aliphatic carbocycles. The minimum absolute atomic E-state index is 0.117. The summed E-state index contributed by atoms with van der Waals surface area (Å²) in [5.41, 5.74) is 7.12. The topological polar surface area (TPSA) is 66.4 Å². The summed E-state index contributed by atoms with van der Waals surface area (Å²) in [4.78, 5) is 16.0. The minimum atomic E-state index is -0.117. The molecule has 5 nitrogen and oxygen atoms in total. The Morgan fingerprint density at radius 3 is 2.83 bits per heavy atom. The van der Waals surface area contributed by atoms with Gasteiger partial charge in [-0.3, -0.25) is 15.2 Å². The summed E-state index contributed by atoms with van der Waals surface area (Å²) >= 11 is 0. The first-order chi connectivity index (χ1) is 11.2. The summed E-state index contributed by atoms with van der Waals surface area (Å²) in [5.74, 6) is -0.117. The van der Waals surface area contributed by atoms with E-state index in [4.69, 9.17) is 0 Å². The Morgan fingerprint density at radius 1 is 1.09 bits per heavy atom. The summed E-state index contributed by atoms with van der Waals surface area (Å²) in [6.07, 6.45) is 1.78. The third kappa shape index (κ3) is 2.23. The van der Waals surface area contributed by atoms with Crippen molar-refractivity contribution in [3.8, 4) is 0 Å². The predicted octanol–water partition coefficient (Wildman–Crippen LogP) is 3.37. The maximum absolute atomic E-state index is 11.5. The monoisotopic (exact) mass is 302 g/mol. The fourth-order valence-electron chi connectivity index (χ4n) is 2.85. The Kier molecular flexibility index (Phi) is 3.05. The van der Waals surface area contributed by atoms with Crippen LogP contribution in [0.1, 0.15) is 18.2 Å². The minimum Gasteiger partial charge on any atom is -0.326 e. The first-order valence-electron chi connectivity index (χ1n) is 7.33. The lowest BCUT2D eigenvalue weighted by Gasteiger charge is -2.19. The van der Waals surface area contributed by atoms with E-state index in [9.17, 15) is 4.79 Å². The van der Waals surface area contributed by atoms with Crippen molar-refractivity contribution in [2.75, 3.05) is 10.7 Å². The summed E-state index contributed by atoms with van der Waals surface area (Å²) < 4.78 is 0. The molecule has 0 atom stereocenters. The largest absolute Gasteiger partial charge is 0.326 e. The molecule has 1 amide bonds. The predicted molar refractivity (Wildman–Crippen MR) is 91.8 cm³/mol. The van der Waals surface area contributed by atoms with E-state index in [1.165, 1.54) is 6.92 Å². The normalized spacial score (nSPS) is 12.5. The van der Waals surface area contributed by atoms with Crippen molar-refractivity contribution in [1.29, 1.82) is 0 Å². The van der Waals surface area contributed by atoms with Crippen LogP contribution in [-0.4, -0.2) is 16.6 Å². The number of nitrogens with zero attached hydrogens (tertiary/aromatic N) is 2. The maximum atomic E-state index is 11.5. The van der Waals surface area contributed by atoms with Crippen LogP contribution in [0.4, 0.5) is 11.4 Å². The van der Waals surface area contributed by atoms with Crippen LogP contribution in [0.5, 0.6) is 0 Å². The highest BCUT2D eigenvalue weighted by Crippen LogP contribution is 2.32. The molecule has 0 unspecified atom stereocenters. The van der Waals surface area contributed by atoms with E-state index in [1.54, 1.807) is 6.20 Å². The smallest absolute Gasteiger partial charge is 0.221 e. The molecule has 0 fully saturated rings. The second kappa shape index (κ2) is 5.21. The van der Waals surface area contributed by atoms with E-state index in [0.717, 1.165) is 39.1 Å². The fraction of sp³-hybridized carbons (Fsp3) is 0.0556. The summed E-state index contributed by atoms with van der Waals surface area (Å²) in [6.45, 7) is 1.49. The number of benzene rings is 2. The SMILES string of the molecule is CC(=O)Nc1ccccc1C1=NNc2cccc3ccnc1c23. The number of amides is 1. The molecule has 4 rings (SSSR count). The molecule has 1 aliphatic rings. The van der Waals surface area contributed by atoms with E-state index in [0.29, 0.717) is 0 Å². The van der Waals surface area contributed by atoms with E-state index in [-0.39, 0.29) is 5.91 Å². The maximum Gasteiger partial charge on any atom is 0.221 e. The van der Waals surface area contributed by atoms with Gasteiger partial charge < -0.3 is 5.32 Å². The van der Waals surface area contributed by atoms with Gasteiger partial charge in [0.05, 0.1) is 11.4 Å². The average Bonchev–Trinajstić information content (AvgIpc) is 2.56. The quantitative estimate of drug-likeness (QED) is 0.762. The molecule has 0 saturated carbocycles. The van der Waals surface area contributed by atoms with Crippen LogP contribution in [0.25, 0.3) is 10.8 Å². The van der Waals surface area contributed by atoms with Crippen molar-refractivity contribution in [3.63, 3.8) is 0 Å². The van der Waals surface area contributed by atoms with Gasteiger partial charge in [-0.2, -0.15) is 5.10 Å². The van der Waals surface area contributed by atoms with E-state index >= 15 is 0 Å². The van der Waals surface area contributed by atoms with Crippen molar-refractivity contribution < 1.29 is 4.79 Å². The Bertz CT molecular complexity index is 957. The number of anilines is 2. The lowest BCUT2D eigenvalue weighted by Crippen LogP contribution is -2.17. The number of carbonyl (C=O) groups excluding carboxylic acids is 1. The van der Waals surface area contributed by atoms with Gasteiger partial charge in [-0.05, 0) is 23.6 Å². The van der Waals surface area contributed by atoms with Gasteiger partial charge in [0.1, 0.15) is 11.4 Å². The van der Waals surface area contributed by atoms with E-state index < -0.39 is 0 Å². The van der Waals surface area contributed by atoms with Gasteiger partial charge in [-0.15, -0.1) is 0 Å². The summed E-state index contributed by atoms with van der Waals surface area (Å²) in [6, 6.07) is 15.6. The second-order valence-electron chi connectivity index (χ2n) is 5.36. The van der Waals surface area contributed by atoms with Crippen LogP contribution in [0.15, 0.2) is 59.8 Å². The molecule has 0 bridgehead atoms. The molecule has 1 aliphatic heterocycles. The van der Waals surface area contributed by atoms with Gasteiger partial charge in [0.15, 0.2) is 0 Å². The molecular weight excluding hydrogens is 288 g/mol. The Morgan fingerprint density at radius 2 is 1.96 bits per heavy atom. The Labute approximate surface area is 133 Å². The third-order valence-electron chi connectivity index (χ3n) is 3.80. The molecule has 2 heterocycles. The summed E-state index contributed by atoms with van der Waals surface area (Å²) in [5, 5.41) is 9.48. The van der Waals surface area contributed by atoms with Gasteiger partial charge in [0.25, 0.3) is 0 Å². The van der Waals surface area contributed by atoms with Crippen molar-refractivity contribution >= 4 is 33.8 Å². The molecular formula is C18H14N4O. The number of hydrazone groups is 1. The van der Waals surface area contributed by atoms with Crippen LogP contribution in [0, 0.1) is 0 Å². The lowest BCUT2D eigenvalue weighted by molar-refractivity contribution is -0.114. The number of para-hydroxylation sites is 1. The number of carbonyl (C=O) groups is 1. The van der Waals surface area contributed by atoms with Crippen molar-refractivity contribution in [1.82, 2.24) is 4.98 Å². The molecule has 3 aromatic rings. The van der Waals surface area contributed by atoms with Crippen LogP contribution in [-0.2, 0) is 4.79 Å². The molecule has 2 aromatic carbocycles. The zero-order chi connectivity index (χ0) is 15.8. The van der Waals surface area contributed by atoms with Gasteiger partial charge in [-0.25, -0.2) is 0 Å². The van der Waals surface area contributed by atoms with Crippen molar-refractivity contribution in [2.45, 2.75) is 6.92 Å². The van der Waals surface area contributed by atoms with Crippen molar-refractivity contribution in [2.24, 2.45) is 5.10 Å². The van der Waals surface area contributed by atoms with Gasteiger partial charge in [-0.1, -0.05) is 30.3 Å². The molecule has 23 heavy (non-hydrogen) atoms. The first-order valence-corrected chi connectivity index (χ1v) is 7.33. The highest BCUT2D eigenvalue weighted by molar-refractivity contribution is 6.24. The van der Waals surface area contributed by atoms with Crippen LogP contribution in [0.3, 0.4) is 0 Å². The number of hydrogen-bond donors (Lipinski definition) is 2. The van der Waals surface area contributed by atoms with Gasteiger partial charge in [0, 0.05) is 24.1 Å². The lowest BCUT2D eigenvalue weighted by atomic mass is 9.98. The third-order valence-corrected chi connectivity index (χ3v) is 3.80. The number of rotatable bonds is 2. The Balaban J connectivity index is 1.93. The molecule has 5 heteroatoms. The number of hydrogen-bond acceptors (Lipinski definition) is 4. The highest BCUT2D eigenvalue weighted by Gasteiger charge is 2.21. The fourth-order valence-corrected chi connectivity index (χ4v) is 2.85. The molecule has 0 saturated heterocycles. The molecule has 0 spiro atoms. The molecule has 0 radical (unpaired) electrons. The van der Waals surface area contributed by atoms with Gasteiger partial charge in [0.2, 0.25) is 5.91 Å². The molecule has 2 N–H and O–H groups in total. The molecule has 112 valence electrons. The Hall–Kier alpha value is -3.21. The van der Waals surface area contributed by atoms with Crippen LogP contribution < -0.4 is 10.7 Å². The number of aromatic nitrogens is 1. The molecule has 1 aromatic heterocycles. The average molecular weight is 302 g/mol. The first kappa shape index (κ1) is 13.5. The van der Waals surface area contributed by atoms with E-state index in [2.05, 4.69) is 20.8 Å². The number of nitrogens with one attached hydrogen (secondary N) is 2. The van der Waals surface area contributed by atoms with Gasteiger partial charge >= 0.3 is 0 Å². The highest BCUT2D eigenvalue weighted by atomic mass is 16.1. The van der Waals surface area contributed by atoms with Crippen LogP contribution >= 0.6 is 0 Å².